The highest BCUT2D eigenvalue weighted by atomic mass is 16.4. The Morgan fingerprint density at radius 3 is 2.41 bits per heavy atom. The highest BCUT2D eigenvalue weighted by Gasteiger charge is 2.56. The summed E-state index contributed by atoms with van der Waals surface area (Å²) in [4.78, 5) is 11.1. The Kier molecular flexibility index (Phi) is 10.6. The molecule has 0 radical (unpaired) electrons. The summed E-state index contributed by atoms with van der Waals surface area (Å²) < 4.78 is 0. The lowest BCUT2D eigenvalue weighted by Gasteiger charge is -2.56. The summed E-state index contributed by atoms with van der Waals surface area (Å²) in [5, 5.41) is 29.7. The number of aliphatic carboxylic acids is 1. The first-order chi connectivity index (χ1) is 14.5. The van der Waals surface area contributed by atoms with Crippen molar-refractivity contribution in [2.45, 2.75) is 71.8 Å². The van der Waals surface area contributed by atoms with Crippen molar-refractivity contribution < 1.29 is 20.1 Å². The molecule has 0 saturated heterocycles. The molecule has 0 heterocycles. The van der Waals surface area contributed by atoms with E-state index in [1.165, 1.54) is 24.8 Å². The molecule has 3 fully saturated rings. The SMILES string of the molecule is C=C1CCC2[C@@H](CO)C([C@@]3(C)CC[C@H](O)C[C@@H]3/C=C/CN(C)C)CC[C@@]12C.CC(=O)[O-].[NH4+]. The molecule has 3 aliphatic carbocycles. The largest absolute Gasteiger partial charge is 0.550 e. The van der Waals surface area contributed by atoms with Crippen LogP contribution in [0.25, 0.3) is 0 Å². The van der Waals surface area contributed by atoms with Crippen molar-refractivity contribution >= 4 is 5.97 Å². The van der Waals surface area contributed by atoms with Crippen molar-refractivity contribution in [3.63, 3.8) is 0 Å². The number of carboxylic acid groups (broad SMARTS) is 1. The van der Waals surface area contributed by atoms with Gasteiger partial charge in [0.1, 0.15) is 0 Å². The zero-order chi connectivity index (χ0) is 23.4. The number of hydrogen-bond donors (Lipinski definition) is 3. The standard InChI is InChI=1S/C24H41NO2.C2H4O2.H3N/c1-17-8-9-21-20(16-26)22(11-13-23(17,21)2)24(3)12-10-19(27)15-18(24)7-6-14-25(4)5;1-2(3)4;/h6-7,18-22,26-27H,1,8-16H2,2-5H3;1H3,(H,3,4);1H3/b7-6+;;/t18-,19-,20+,21?,22?,23-,24-;;/m0../s1. The van der Waals surface area contributed by atoms with Gasteiger partial charge in [-0.1, -0.05) is 38.2 Å². The molecule has 186 valence electrons. The van der Waals surface area contributed by atoms with Gasteiger partial charge < -0.3 is 31.2 Å². The zero-order valence-electron chi connectivity index (χ0n) is 21.3. The van der Waals surface area contributed by atoms with Crippen LogP contribution in [-0.2, 0) is 4.79 Å². The summed E-state index contributed by atoms with van der Waals surface area (Å²) in [5.41, 5.74) is 1.81. The first kappa shape index (κ1) is 28.8. The zero-order valence-corrected chi connectivity index (χ0v) is 21.3. The van der Waals surface area contributed by atoms with Crippen molar-refractivity contribution in [1.82, 2.24) is 11.1 Å². The van der Waals surface area contributed by atoms with Gasteiger partial charge in [0.05, 0.1) is 6.10 Å². The van der Waals surface area contributed by atoms with Crippen LogP contribution in [-0.4, -0.2) is 54.4 Å². The van der Waals surface area contributed by atoms with Gasteiger partial charge in [0.15, 0.2) is 0 Å². The van der Waals surface area contributed by atoms with Crippen LogP contribution in [0.2, 0.25) is 0 Å². The Morgan fingerprint density at radius 1 is 1.22 bits per heavy atom. The van der Waals surface area contributed by atoms with E-state index >= 15 is 0 Å². The molecule has 0 spiro atoms. The first-order valence-corrected chi connectivity index (χ1v) is 11.9. The van der Waals surface area contributed by atoms with E-state index in [0.717, 1.165) is 39.2 Å². The lowest BCUT2D eigenvalue weighted by Crippen LogP contribution is -2.50. The van der Waals surface area contributed by atoms with E-state index in [0.29, 0.717) is 30.3 Å². The molecule has 7 atom stereocenters. The average Bonchev–Trinajstić information content (AvgIpc) is 2.98. The van der Waals surface area contributed by atoms with E-state index in [4.69, 9.17) is 9.90 Å². The number of rotatable bonds is 5. The third-order valence-corrected chi connectivity index (χ3v) is 8.68. The Labute approximate surface area is 195 Å². The van der Waals surface area contributed by atoms with Gasteiger partial charge in [-0.05, 0) is 100 Å². The monoisotopic (exact) mass is 452 g/mol. The Hall–Kier alpha value is -1.21. The predicted octanol–water partition coefficient (Wildman–Crippen LogP) is 3.39. The summed E-state index contributed by atoms with van der Waals surface area (Å²) in [7, 11) is 4.19. The number of carbonyl (C=O) groups excluding carboxylic acids is 1. The van der Waals surface area contributed by atoms with E-state index in [-0.39, 0.29) is 23.1 Å². The van der Waals surface area contributed by atoms with Gasteiger partial charge in [-0.15, -0.1) is 0 Å². The molecule has 6 nitrogen and oxygen atoms in total. The fourth-order valence-electron chi connectivity index (χ4n) is 6.81. The van der Waals surface area contributed by atoms with E-state index in [1.54, 1.807) is 0 Å². The number of aliphatic hydroxyl groups excluding tert-OH is 2. The van der Waals surface area contributed by atoms with E-state index < -0.39 is 5.97 Å². The van der Waals surface area contributed by atoms with Crippen molar-refractivity contribution in [1.29, 1.82) is 0 Å². The minimum absolute atomic E-state index is 0. The van der Waals surface area contributed by atoms with Gasteiger partial charge in [0, 0.05) is 19.1 Å². The Balaban J connectivity index is 0.000000945. The van der Waals surface area contributed by atoms with E-state index in [9.17, 15) is 10.2 Å². The molecule has 0 aromatic rings. The number of fused-ring (bicyclic) bond motifs is 1. The minimum atomic E-state index is -1.08. The van der Waals surface area contributed by atoms with Crippen LogP contribution in [0.4, 0.5) is 0 Å². The normalized spacial score (nSPS) is 39.2. The molecule has 0 bridgehead atoms. The maximum absolute atomic E-state index is 10.4. The van der Waals surface area contributed by atoms with Crippen LogP contribution in [0.1, 0.15) is 65.7 Å². The molecule has 0 aromatic heterocycles. The third kappa shape index (κ3) is 6.22. The number of aliphatic hydroxyl groups is 2. The summed E-state index contributed by atoms with van der Waals surface area (Å²) in [6, 6.07) is 0. The lowest BCUT2D eigenvalue weighted by molar-refractivity contribution is -0.302. The number of carbonyl (C=O) groups is 1. The topological polar surface area (TPSA) is 120 Å². The van der Waals surface area contributed by atoms with Crippen molar-refractivity contribution in [3.8, 4) is 0 Å². The molecule has 3 saturated carbocycles. The fraction of sp³-hybridized carbons (Fsp3) is 0.808. The van der Waals surface area contributed by atoms with E-state index in [1.807, 2.05) is 0 Å². The van der Waals surface area contributed by atoms with Gasteiger partial charge in [-0.25, -0.2) is 0 Å². The maximum Gasteiger partial charge on any atom is 0.0546 e. The van der Waals surface area contributed by atoms with Crippen LogP contribution < -0.4 is 11.3 Å². The molecule has 2 unspecified atom stereocenters. The van der Waals surface area contributed by atoms with Gasteiger partial charge in [0.2, 0.25) is 0 Å². The van der Waals surface area contributed by atoms with Crippen molar-refractivity contribution in [2.75, 3.05) is 27.2 Å². The quantitative estimate of drug-likeness (QED) is 0.552. The van der Waals surface area contributed by atoms with Crippen molar-refractivity contribution in [2.24, 2.45) is 34.5 Å². The molecule has 0 amide bonds. The maximum atomic E-state index is 10.4. The molecule has 6 N–H and O–H groups in total. The van der Waals surface area contributed by atoms with Gasteiger partial charge in [-0.3, -0.25) is 0 Å². The molecule has 3 rings (SSSR count). The third-order valence-electron chi connectivity index (χ3n) is 8.68. The molecule has 32 heavy (non-hydrogen) atoms. The summed E-state index contributed by atoms with van der Waals surface area (Å²) in [6.07, 6.45) is 12.0. The highest BCUT2D eigenvalue weighted by molar-refractivity contribution is 5.60. The van der Waals surface area contributed by atoms with Crippen LogP contribution in [0.5, 0.6) is 0 Å². The van der Waals surface area contributed by atoms with Gasteiger partial charge in [-0.2, -0.15) is 0 Å². The first-order valence-electron chi connectivity index (χ1n) is 11.9. The van der Waals surface area contributed by atoms with Gasteiger partial charge >= 0.3 is 0 Å². The van der Waals surface area contributed by atoms with Crippen LogP contribution in [0.15, 0.2) is 24.3 Å². The summed E-state index contributed by atoms with van der Waals surface area (Å²) in [5.74, 6) is 0.791. The number of hydrogen-bond acceptors (Lipinski definition) is 5. The Morgan fingerprint density at radius 2 is 1.84 bits per heavy atom. The number of carboxylic acids is 1. The Bertz CT molecular complexity index is 660. The van der Waals surface area contributed by atoms with Crippen LogP contribution in [0, 0.1) is 34.5 Å². The molecular formula is C26H48N2O4. The van der Waals surface area contributed by atoms with Crippen LogP contribution in [0.3, 0.4) is 0 Å². The van der Waals surface area contributed by atoms with E-state index in [2.05, 4.69) is 51.6 Å². The number of quaternary nitrogens is 1. The fourth-order valence-corrected chi connectivity index (χ4v) is 6.81. The number of nitrogens with zero attached hydrogens (tertiary/aromatic N) is 1. The van der Waals surface area contributed by atoms with Crippen LogP contribution >= 0.6 is 0 Å². The molecule has 0 aromatic carbocycles. The number of allylic oxidation sites excluding steroid dienone is 2. The highest BCUT2D eigenvalue weighted by Crippen LogP contribution is 2.63. The minimum Gasteiger partial charge on any atom is -0.550 e. The second-order valence-corrected chi connectivity index (χ2v) is 10.9. The second kappa shape index (κ2) is 11.8. The van der Waals surface area contributed by atoms with Crippen molar-refractivity contribution in [3.05, 3.63) is 24.3 Å². The molecular weight excluding hydrogens is 404 g/mol. The molecule has 0 aliphatic heterocycles. The number of likely N-dealkylation sites (N-methyl/N-ethyl adjacent to an activating group) is 1. The summed E-state index contributed by atoms with van der Waals surface area (Å²) >= 11 is 0. The predicted molar refractivity (Wildman–Crippen MR) is 129 cm³/mol. The smallest absolute Gasteiger partial charge is 0.0546 e. The average molecular weight is 453 g/mol. The molecule has 3 aliphatic rings. The second-order valence-electron chi connectivity index (χ2n) is 10.9. The summed E-state index contributed by atoms with van der Waals surface area (Å²) in [6.45, 7) is 11.4. The molecule has 6 heteroatoms. The van der Waals surface area contributed by atoms with Gasteiger partial charge in [0.25, 0.3) is 0 Å². The lowest BCUT2D eigenvalue weighted by atomic mass is 9.49.